The molecule has 200 valence electrons. The van der Waals surface area contributed by atoms with Crippen LogP contribution in [0.1, 0.15) is 20.6 Å². The van der Waals surface area contributed by atoms with Crippen LogP contribution in [0.5, 0.6) is 0 Å². The number of benzene rings is 8. The molecule has 9 aromatic rings. The minimum absolute atomic E-state index is 0.0193. The molecule has 0 saturated heterocycles. The fourth-order valence-corrected chi connectivity index (χ4v) is 5.91. The first-order valence-corrected chi connectivity index (χ1v) is 13.5. The number of hydrogen-bond donors (Lipinski definition) is 0. The van der Waals surface area contributed by atoms with Gasteiger partial charge in [0.2, 0.25) is 0 Å². The summed E-state index contributed by atoms with van der Waals surface area (Å²) in [5.74, 6) is 0. The first-order chi connectivity index (χ1) is 27.6. The zero-order valence-electron chi connectivity index (χ0n) is 37.3. The van der Waals surface area contributed by atoms with Gasteiger partial charge in [-0.3, -0.25) is 0 Å². The standard InChI is InChI=1S/C42H26O/c1-2-11-27(12-3-1)29-21-23-32-38-25-30(22-24-39(38)43-40(32)26-29)41-34-16-6-8-18-36(34)42(37-19-9-7-17-35(37)41)33-20-10-14-28-13-4-5-15-31(28)33/h1-26H/i4D,5D,6D,7D,8D,9D,10D,13D,14D,15D,16D,17D,18D,19D,20D. The van der Waals surface area contributed by atoms with Crippen LogP contribution in [0, 0.1) is 0 Å². The van der Waals surface area contributed by atoms with Gasteiger partial charge in [0.25, 0.3) is 0 Å². The molecule has 1 heteroatoms. The van der Waals surface area contributed by atoms with Gasteiger partial charge in [-0.25, -0.2) is 0 Å². The summed E-state index contributed by atoms with van der Waals surface area (Å²) in [7, 11) is 0. The maximum Gasteiger partial charge on any atom is 0.136 e. The van der Waals surface area contributed by atoms with Gasteiger partial charge in [0, 0.05) is 10.8 Å². The Kier molecular flexibility index (Phi) is 2.97. The summed E-state index contributed by atoms with van der Waals surface area (Å²) in [6, 6.07) is 10.3. The van der Waals surface area contributed by atoms with Gasteiger partial charge in [-0.05, 0) is 90.0 Å². The quantitative estimate of drug-likeness (QED) is 0.196. The zero-order valence-corrected chi connectivity index (χ0v) is 22.3. The molecule has 0 atom stereocenters. The molecule has 0 spiro atoms. The van der Waals surface area contributed by atoms with Gasteiger partial charge in [0.15, 0.2) is 0 Å². The summed E-state index contributed by atoms with van der Waals surface area (Å²) in [6.07, 6.45) is 0. The van der Waals surface area contributed by atoms with E-state index in [1.165, 1.54) is 0 Å². The van der Waals surface area contributed by atoms with Crippen molar-refractivity contribution in [2.45, 2.75) is 0 Å². The van der Waals surface area contributed by atoms with E-state index in [1.54, 1.807) is 18.2 Å². The van der Waals surface area contributed by atoms with Crippen molar-refractivity contribution in [3.63, 3.8) is 0 Å². The second kappa shape index (κ2) is 9.44. The van der Waals surface area contributed by atoms with Crippen molar-refractivity contribution in [2.75, 3.05) is 0 Å². The normalized spacial score (nSPS) is 16.6. The number of rotatable bonds is 3. The second-order valence-electron chi connectivity index (χ2n) is 10.1. The van der Waals surface area contributed by atoms with Crippen molar-refractivity contribution >= 4 is 54.3 Å². The lowest BCUT2D eigenvalue weighted by Crippen LogP contribution is -1.91. The van der Waals surface area contributed by atoms with Crippen LogP contribution in [0.25, 0.3) is 87.6 Å². The molecule has 43 heavy (non-hydrogen) atoms. The van der Waals surface area contributed by atoms with E-state index in [0.717, 1.165) is 11.1 Å². The Hall–Kier alpha value is -5.66. The SMILES string of the molecule is [2H]c1c([2H])c([2H])c2c(-c3c4c([2H])c([2H])c([2H])c([2H])c4c(-c4ccc5oc6cc(-c7ccccc7)ccc6c5c4)c4c([2H])c([2H])c([2H])c([2H])c34)c([2H])c([2H])c([2H])c2c1[2H]. The van der Waals surface area contributed by atoms with Gasteiger partial charge in [-0.2, -0.15) is 0 Å². The van der Waals surface area contributed by atoms with Crippen LogP contribution in [0.4, 0.5) is 0 Å². The molecule has 1 nitrogen and oxygen atoms in total. The molecule has 0 N–H and O–H groups in total. The Labute approximate surface area is 270 Å². The van der Waals surface area contributed by atoms with E-state index in [2.05, 4.69) is 0 Å². The van der Waals surface area contributed by atoms with Gasteiger partial charge in [-0.1, -0.05) is 133 Å². The Balaban J connectivity index is 1.52. The van der Waals surface area contributed by atoms with Gasteiger partial charge in [-0.15, -0.1) is 0 Å². The minimum Gasteiger partial charge on any atom is -0.456 e. The molecule has 0 aliphatic rings. The lowest BCUT2D eigenvalue weighted by molar-refractivity contribution is 0.669. The smallest absolute Gasteiger partial charge is 0.136 e. The van der Waals surface area contributed by atoms with E-state index in [4.69, 9.17) is 18.1 Å². The third kappa shape index (κ3) is 3.72. The van der Waals surface area contributed by atoms with E-state index >= 15 is 0 Å². The third-order valence-corrected chi connectivity index (χ3v) is 7.80. The Morgan fingerprint density at radius 2 is 1.02 bits per heavy atom. The third-order valence-electron chi connectivity index (χ3n) is 7.80. The molecule has 9 rings (SSSR count). The van der Waals surface area contributed by atoms with Crippen molar-refractivity contribution in [2.24, 2.45) is 0 Å². The summed E-state index contributed by atoms with van der Waals surface area (Å²) in [5, 5.41) is -0.498. The van der Waals surface area contributed by atoms with Gasteiger partial charge in [0.05, 0.1) is 20.6 Å². The van der Waals surface area contributed by atoms with Crippen LogP contribution in [0.3, 0.4) is 0 Å². The van der Waals surface area contributed by atoms with E-state index in [0.29, 0.717) is 27.5 Å². The predicted octanol–water partition coefficient (Wildman–Crippen LogP) is 12.0. The lowest BCUT2D eigenvalue weighted by atomic mass is 9.84. The summed E-state index contributed by atoms with van der Waals surface area (Å²) in [5.41, 5.74) is 2.45. The van der Waals surface area contributed by atoms with Crippen LogP contribution >= 0.6 is 0 Å². The minimum atomic E-state index is -0.757. The maximum absolute atomic E-state index is 9.33. The molecule has 0 amide bonds. The highest BCUT2D eigenvalue weighted by Gasteiger charge is 2.19. The van der Waals surface area contributed by atoms with Crippen molar-refractivity contribution in [3.05, 3.63) is 157 Å². The number of hydrogen-bond acceptors (Lipinski definition) is 1. The Morgan fingerprint density at radius 1 is 0.395 bits per heavy atom. The second-order valence-corrected chi connectivity index (χ2v) is 10.1. The Morgan fingerprint density at radius 3 is 1.77 bits per heavy atom. The number of furan rings is 1. The molecule has 1 aromatic heterocycles. The summed E-state index contributed by atoms with van der Waals surface area (Å²) in [4.78, 5) is 0. The fraction of sp³-hybridized carbons (Fsp3) is 0. The monoisotopic (exact) mass is 561 g/mol. The molecular formula is C42H26O. The fourth-order valence-electron chi connectivity index (χ4n) is 5.91. The molecule has 0 fully saturated rings. The molecule has 0 saturated carbocycles. The average molecular weight is 562 g/mol. The lowest BCUT2D eigenvalue weighted by Gasteiger charge is -2.18. The molecule has 0 aliphatic heterocycles. The first-order valence-electron chi connectivity index (χ1n) is 21.0. The van der Waals surface area contributed by atoms with E-state index in [9.17, 15) is 6.85 Å². The summed E-state index contributed by atoms with van der Waals surface area (Å²) < 4.78 is 140. The molecule has 0 bridgehead atoms. The van der Waals surface area contributed by atoms with Crippen LogP contribution in [-0.4, -0.2) is 0 Å². The predicted molar refractivity (Wildman–Crippen MR) is 183 cm³/mol. The molecule has 0 aliphatic carbocycles. The van der Waals surface area contributed by atoms with Crippen LogP contribution in [0.15, 0.2) is 162 Å². The highest BCUT2D eigenvalue weighted by molar-refractivity contribution is 6.24. The van der Waals surface area contributed by atoms with E-state index in [1.807, 2.05) is 48.5 Å². The van der Waals surface area contributed by atoms with Crippen molar-refractivity contribution in [3.8, 4) is 33.4 Å². The topological polar surface area (TPSA) is 13.1 Å². The molecule has 0 unspecified atom stereocenters. The molecule has 0 radical (unpaired) electrons. The van der Waals surface area contributed by atoms with Crippen LogP contribution < -0.4 is 0 Å². The van der Waals surface area contributed by atoms with Crippen molar-refractivity contribution in [1.82, 2.24) is 0 Å². The van der Waals surface area contributed by atoms with Gasteiger partial charge < -0.3 is 4.42 Å². The van der Waals surface area contributed by atoms with Crippen LogP contribution in [0.2, 0.25) is 0 Å². The zero-order chi connectivity index (χ0) is 41.4. The summed E-state index contributed by atoms with van der Waals surface area (Å²) >= 11 is 0. The first kappa shape index (κ1) is 13.5. The maximum atomic E-state index is 9.33. The summed E-state index contributed by atoms with van der Waals surface area (Å²) in [6.45, 7) is 0. The van der Waals surface area contributed by atoms with Crippen molar-refractivity contribution < 1.29 is 25.0 Å². The number of fused-ring (bicyclic) bond motifs is 6. The largest absolute Gasteiger partial charge is 0.456 e. The van der Waals surface area contributed by atoms with Gasteiger partial charge in [0.1, 0.15) is 11.2 Å². The van der Waals surface area contributed by atoms with E-state index in [-0.39, 0.29) is 32.7 Å². The Bertz CT molecular complexity index is 3250. The highest BCUT2D eigenvalue weighted by Crippen LogP contribution is 2.46. The van der Waals surface area contributed by atoms with Gasteiger partial charge >= 0.3 is 0 Å². The van der Waals surface area contributed by atoms with Crippen molar-refractivity contribution in [1.29, 1.82) is 0 Å². The molecular weight excluding hydrogens is 520 g/mol. The average Bonchev–Trinajstić information content (AvgIpc) is 3.60. The van der Waals surface area contributed by atoms with Crippen LogP contribution in [-0.2, 0) is 0 Å². The highest BCUT2D eigenvalue weighted by atomic mass is 16.3. The molecule has 1 heterocycles. The molecule has 8 aromatic carbocycles. The van der Waals surface area contributed by atoms with E-state index < -0.39 is 107 Å².